The van der Waals surface area contributed by atoms with Gasteiger partial charge < -0.3 is 15.8 Å². The Bertz CT molecular complexity index is 438. The summed E-state index contributed by atoms with van der Waals surface area (Å²) in [5, 5.41) is 3.07. The van der Waals surface area contributed by atoms with Crippen molar-refractivity contribution in [2.45, 2.75) is 37.3 Å². The third-order valence-corrected chi connectivity index (χ3v) is 4.03. The number of para-hydroxylation sites is 1. The Hall–Kier alpha value is -1.55. The molecule has 1 aliphatic carbocycles. The second kappa shape index (κ2) is 4.28. The summed E-state index contributed by atoms with van der Waals surface area (Å²) in [5.74, 6) is 0.796. The van der Waals surface area contributed by atoms with Gasteiger partial charge in [-0.15, -0.1) is 0 Å². The molecule has 1 fully saturated rings. The Balaban J connectivity index is 1.66. The molecule has 1 heterocycles. The van der Waals surface area contributed by atoms with E-state index in [0.29, 0.717) is 13.0 Å². The molecule has 18 heavy (non-hydrogen) atoms. The van der Waals surface area contributed by atoms with Gasteiger partial charge in [0.15, 0.2) is 6.10 Å². The lowest BCUT2D eigenvalue weighted by molar-refractivity contribution is -0.130. The minimum atomic E-state index is -0.397. The van der Waals surface area contributed by atoms with Crippen molar-refractivity contribution >= 4 is 5.91 Å². The number of nitrogens with two attached hydrogens (primary N) is 1. The molecule has 1 aromatic carbocycles. The number of hydrogen-bond donors (Lipinski definition) is 2. The molecular weight excluding hydrogens is 228 g/mol. The predicted octanol–water partition coefficient (Wildman–Crippen LogP) is 0.988. The van der Waals surface area contributed by atoms with E-state index in [1.807, 2.05) is 24.3 Å². The maximum atomic E-state index is 12.2. The Kier molecular flexibility index (Phi) is 2.74. The first-order valence-electron chi connectivity index (χ1n) is 6.49. The number of nitrogens with one attached hydrogen (secondary N) is 1. The van der Waals surface area contributed by atoms with Crippen molar-refractivity contribution in [1.29, 1.82) is 0 Å². The number of fused-ring (bicyclic) bond motifs is 1. The smallest absolute Gasteiger partial charge is 0.261 e. The van der Waals surface area contributed by atoms with Gasteiger partial charge >= 0.3 is 0 Å². The van der Waals surface area contributed by atoms with Crippen LogP contribution in [-0.2, 0) is 11.2 Å². The van der Waals surface area contributed by atoms with Crippen LogP contribution in [0.15, 0.2) is 24.3 Å². The zero-order valence-electron chi connectivity index (χ0n) is 10.3. The summed E-state index contributed by atoms with van der Waals surface area (Å²) >= 11 is 0. The molecule has 1 amide bonds. The molecule has 4 heteroatoms. The van der Waals surface area contributed by atoms with E-state index < -0.39 is 6.10 Å². The van der Waals surface area contributed by atoms with E-state index in [0.717, 1.165) is 30.6 Å². The molecule has 1 unspecified atom stereocenters. The Morgan fingerprint density at radius 2 is 2.22 bits per heavy atom. The van der Waals surface area contributed by atoms with Crippen LogP contribution in [0.25, 0.3) is 0 Å². The highest BCUT2D eigenvalue weighted by Gasteiger charge is 2.40. The Morgan fingerprint density at radius 3 is 2.83 bits per heavy atom. The van der Waals surface area contributed by atoms with Gasteiger partial charge in [-0.2, -0.15) is 0 Å². The van der Waals surface area contributed by atoms with Crippen LogP contribution in [0.5, 0.6) is 5.75 Å². The average molecular weight is 246 g/mol. The van der Waals surface area contributed by atoms with Crippen molar-refractivity contribution in [2.24, 2.45) is 5.73 Å². The number of rotatable bonds is 3. The first-order valence-corrected chi connectivity index (χ1v) is 6.49. The maximum Gasteiger partial charge on any atom is 0.261 e. The van der Waals surface area contributed by atoms with Crippen LogP contribution in [0.4, 0.5) is 0 Å². The molecular formula is C14H18N2O2. The van der Waals surface area contributed by atoms with Crippen molar-refractivity contribution in [1.82, 2.24) is 5.32 Å². The van der Waals surface area contributed by atoms with E-state index in [-0.39, 0.29) is 11.4 Å². The lowest BCUT2D eigenvalue weighted by Crippen LogP contribution is -2.60. The van der Waals surface area contributed by atoms with Gasteiger partial charge in [-0.1, -0.05) is 18.2 Å². The summed E-state index contributed by atoms with van der Waals surface area (Å²) in [6, 6.07) is 7.80. The van der Waals surface area contributed by atoms with E-state index in [1.54, 1.807) is 0 Å². The summed E-state index contributed by atoms with van der Waals surface area (Å²) in [7, 11) is 0. The first-order chi connectivity index (χ1) is 8.72. The van der Waals surface area contributed by atoms with Gasteiger partial charge in [-0.3, -0.25) is 4.79 Å². The van der Waals surface area contributed by atoms with Crippen molar-refractivity contribution in [3.05, 3.63) is 29.8 Å². The van der Waals surface area contributed by atoms with Crippen molar-refractivity contribution < 1.29 is 9.53 Å². The van der Waals surface area contributed by atoms with E-state index in [2.05, 4.69) is 5.32 Å². The largest absolute Gasteiger partial charge is 0.480 e. The topological polar surface area (TPSA) is 64.3 Å². The van der Waals surface area contributed by atoms with Gasteiger partial charge in [-0.05, 0) is 30.9 Å². The number of carbonyl (C=O) groups excluding carboxylic acids is 1. The number of benzene rings is 1. The number of ether oxygens (including phenoxy) is 1. The minimum Gasteiger partial charge on any atom is -0.480 e. The maximum absolute atomic E-state index is 12.2. The molecule has 0 spiro atoms. The third-order valence-electron chi connectivity index (χ3n) is 4.03. The van der Waals surface area contributed by atoms with Gasteiger partial charge in [0.2, 0.25) is 0 Å². The van der Waals surface area contributed by atoms with Crippen molar-refractivity contribution in [3.8, 4) is 5.75 Å². The fourth-order valence-electron chi connectivity index (χ4n) is 2.65. The Morgan fingerprint density at radius 1 is 1.44 bits per heavy atom. The summed E-state index contributed by atoms with van der Waals surface area (Å²) < 4.78 is 5.67. The molecule has 0 bridgehead atoms. The predicted molar refractivity (Wildman–Crippen MR) is 68.3 cm³/mol. The summed E-state index contributed by atoms with van der Waals surface area (Å²) in [6.07, 6.45) is 3.36. The molecule has 1 aromatic rings. The zero-order chi connectivity index (χ0) is 12.6. The van der Waals surface area contributed by atoms with Crippen LogP contribution >= 0.6 is 0 Å². The zero-order valence-corrected chi connectivity index (χ0v) is 10.3. The number of hydrogen-bond acceptors (Lipinski definition) is 3. The molecule has 4 nitrogen and oxygen atoms in total. The van der Waals surface area contributed by atoms with Crippen molar-refractivity contribution in [2.75, 3.05) is 6.54 Å². The van der Waals surface area contributed by atoms with Crippen LogP contribution in [0.1, 0.15) is 24.8 Å². The molecule has 1 aliphatic heterocycles. The second-order valence-electron chi connectivity index (χ2n) is 5.25. The molecule has 2 aliphatic rings. The lowest BCUT2D eigenvalue weighted by Gasteiger charge is -2.42. The van der Waals surface area contributed by atoms with Crippen LogP contribution < -0.4 is 15.8 Å². The van der Waals surface area contributed by atoms with Crippen LogP contribution in [0.3, 0.4) is 0 Å². The van der Waals surface area contributed by atoms with Crippen LogP contribution in [0, 0.1) is 0 Å². The quantitative estimate of drug-likeness (QED) is 0.836. The first kappa shape index (κ1) is 11.5. The van der Waals surface area contributed by atoms with E-state index >= 15 is 0 Å². The number of carbonyl (C=O) groups is 1. The summed E-state index contributed by atoms with van der Waals surface area (Å²) in [5.41, 5.74) is 6.68. The van der Waals surface area contributed by atoms with Gasteiger partial charge in [0, 0.05) is 13.0 Å². The third kappa shape index (κ3) is 1.86. The molecule has 3 N–H and O–H groups in total. The van der Waals surface area contributed by atoms with Gasteiger partial charge in [0.1, 0.15) is 5.75 Å². The van der Waals surface area contributed by atoms with E-state index in [1.165, 1.54) is 0 Å². The fraction of sp³-hybridized carbons (Fsp3) is 0.500. The highest BCUT2D eigenvalue weighted by molar-refractivity contribution is 5.83. The van der Waals surface area contributed by atoms with Gasteiger partial charge in [0.05, 0.1) is 5.54 Å². The molecule has 0 aromatic heterocycles. The molecule has 1 saturated carbocycles. The highest BCUT2D eigenvalue weighted by atomic mass is 16.5. The standard InChI is InChI=1S/C14H18N2O2/c15-9-14(6-3-7-14)16-13(17)12-8-10-4-1-2-5-11(10)18-12/h1-2,4-5,12H,3,6-9,15H2,(H,16,17). The summed E-state index contributed by atoms with van der Waals surface area (Å²) in [6.45, 7) is 0.512. The van der Waals surface area contributed by atoms with E-state index in [4.69, 9.17) is 10.5 Å². The molecule has 0 radical (unpaired) electrons. The molecule has 96 valence electrons. The lowest BCUT2D eigenvalue weighted by atomic mass is 9.76. The molecule has 3 rings (SSSR count). The fourth-order valence-corrected chi connectivity index (χ4v) is 2.65. The minimum absolute atomic E-state index is 0.0312. The molecule has 1 atom stereocenters. The monoisotopic (exact) mass is 246 g/mol. The van der Waals surface area contributed by atoms with Gasteiger partial charge in [-0.25, -0.2) is 0 Å². The van der Waals surface area contributed by atoms with Crippen LogP contribution in [0.2, 0.25) is 0 Å². The summed E-state index contributed by atoms with van der Waals surface area (Å²) in [4.78, 5) is 12.2. The Labute approximate surface area is 107 Å². The second-order valence-corrected chi connectivity index (χ2v) is 5.25. The van der Waals surface area contributed by atoms with E-state index in [9.17, 15) is 4.79 Å². The molecule has 0 saturated heterocycles. The van der Waals surface area contributed by atoms with Gasteiger partial charge in [0.25, 0.3) is 5.91 Å². The SMILES string of the molecule is NCC1(NC(=O)C2Cc3ccccc3O2)CCC1. The number of amides is 1. The van der Waals surface area contributed by atoms with Crippen LogP contribution in [-0.4, -0.2) is 24.1 Å². The average Bonchev–Trinajstić information content (AvgIpc) is 2.77. The normalized spacial score (nSPS) is 23.7. The highest BCUT2D eigenvalue weighted by Crippen LogP contribution is 2.32. The van der Waals surface area contributed by atoms with Crippen molar-refractivity contribution in [3.63, 3.8) is 0 Å².